The smallest absolute Gasteiger partial charge is 0.269 e. The van der Waals surface area contributed by atoms with E-state index in [1.165, 1.54) is 19.2 Å². The van der Waals surface area contributed by atoms with Crippen molar-refractivity contribution in [2.24, 2.45) is 0 Å². The molecule has 0 saturated carbocycles. The minimum atomic E-state index is -0.713. The average Bonchev–Trinajstić information content (AvgIpc) is 3.33. The summed E-state index contributed by atoms with van der Waals surface area (Å²) < 4.78 is 6.97. The zero-order valence-corrected chi connectivity index (χ0v) is 21.6. The molecule has 1 aliphatic heterocycles. The van der Waals surface area contributed by atoms with Gasteiger partial charge in [-0.1, -0.05) is 41.4 Å². The Balaban J connectivity index is 1.60. The van der Waals surface area contributed by atoms with Crippen LogP contribution in [0.4, 0.5) is 17.3 Å². The number of carbonyl (C=O) groups is 1. The lowest BCUT2D eigenvalue weighted by Gasteiger charge is -2.29. The van der Waals surface area contributed by atoms with Crippen molar-refractivity contribution in [1.82, 2.24) is 14.8 Å². The summed E-state index contributed by atoms with van der Waals surface area (Å²) in [4.78, 5) is 28.9. The molecule has 0 bridgehead atoms. The van der Waals surface area contributed by atoms with Gasteiger partial charge < -0.3 is 15.4 Å². The van der Waals surface area contributed by atoms with Gasteiger partial charge >= 0.3 is 0 Å². The Bertz CT molecular complexity index is 1600. The molecule has 2 heterocycles. The first-order chi connectivity index (χ1) is 18.3. The monoisotopic (exact) mass is 550 g/mol. The second kappa shape index (κ2) is 10.2. The van der Waals surface area contributed by atoms with Crippen LogP contribution in [0.25, 0.3) is 11.4 Å². The van der Waals surface area contributed by atoms with E-state index in [1.54, 1.807) is 66.2 Å². The van der Waals surface area contributed by atoms with Crippen molar-refractivity contribution >= 4 is 46.4 Å². The van der Waals surface area contributed by atoms with Crippen molar-refractivity contribution < 1.29 is 14.5 Å². The number of ether oxygens (including phenoxy) is 1. The van der Waals surface area contributed by atoms with E-state index < -0.39 is 11.0 Å². The number of nitro groups is 1. The summed E-state index contributed by atoms with van der Waals surface area (Å²) in [6.07, 6.45) is 0. The maximum Gasteiger partial charge on any atom is 0.269 e. The van der Waals surface area contributed by atoms with Crippen LogP contribution in [0.3, 0.4) is 0 Å². The number of nitrogens with one attached hydrogen (secondary N) is 2. The third-order valence-corrected chi connectivity index (χ3v) is 6.79. The standard InChI is InChI=1S/C26H20Cl2N6O4/c1-14-22(25(35)30-20-5-3-4-6-21(20)38-2)23(16-9-12-18(27)19(28)13-16)33-26(29-14)31-24(32-33)15-7-10-17(11-8-15)34(36)37/h3-13,23H,1-2H3,(H,30,35)(H,29,31,32). The number of fused-ring (bicyclic) bond motifs is 1. The molecule has 0 aliphatic carbocycles. The van der Waals surface area contributed by atoms with Crippen LogP contribution < -0.4 is 15.4 Å². The predicted molar refractivity (Wildman–Crippen MR) is 145 cm³/mol. The van der Waals surface area contributed by atoms with Gasteiger partial charge in [-0.2, -0.15) is 4.98 Å². The summed E-state index contributed by atoms with van der Waals surface area (Å²) in [6.45, 7) is 1.77. The van der Waals surface area contributed by atoms with E-state index in [4.69, 9.17) is 27.9 Å². The maximum absolute atomic E-state index is 13.7. The SMILES string of the molecule is COc1ccccc1NC(=O)C1=C(C)Nc2nc(-c3ccc([N+](=O)[O-])cc3)nn2C1c1ccc(Cl)c(Cl)c1. The van der Waals surface area contributed by atoms with Crippen molar-refractivity contribution in [2.45, 2.75) is 13.0 Å². The number of carbonyl (C=O) groups excluding carboxylic acids is 1. The van der Waals surface area contributed by atoms with Gasteiger partial charge in [0.1, 0.15) is 11.8 Å². The third kappa shape index (κ3) is 4.67. The largest absolute Gasteiger partial charge is 0.495 e. The normalized spacial score (nSPS) is 14.5. The second-order valence-corrected chi connectivity index (χ2v) is 9.22. The Kier molecular flexibility index (Phi) is 6.75. The van der Waals surface area contributed by atoms with Gasteiger partial charge in [-0.3, -0.25) is 14.9 Å². The number of halogens is 2. The Morgan fingerprint density at radius 2 is 1.84 bits per heavy atom. The van der Waals surface area contributed by atoms with Crippen molar-refractivity contribution in [2.75, 3.05) is 17.7 Å². The Labute approximate surface area is 227 Å². The van der Waals surface area contributed by atoms with E-state index in [1.807, 2.05) is 0 Å². The molecule has 1 unspecified atom stereocenters. The fourth-order valence-electron chi connectivity index (χ4n) is 4.23. The highest BCUT2D eigenvalue weighted by atomic mass is 35.5. The van der Waals surface area contributed by atoms with E-state index >= 15 is 0 Å². The number of hydrogen-bond acceptors (Lipinski definition) is 7. The minimum Gasteiger partial charge on any atom is -0.495 e. The van der Waals surface area contributed by atoms with Gasteiger partial charge in [0.15, 0.2) is 5.82 Å². The molecule has 1 atom stereocenters. The molecule has 0 fully saturated rings. The van der Waals surface area contributed by atoms with Crippen molar-refractivity contribution in [1.29, 1.82) is 0 Å². The molecule has 3 aromatic carbocycles. The highest BCUT2D eigenvalue weighted by molar-refractivity contribution is 6.42. The second-order valence-electron chi connectivity index (χ2n) is 8.40. The van der Waals surface area contributed by atoms with Gasteiger partial charge in [-0.05, 0) is 48.9 Å². The summed E-state index contributed by atoms with van der Waals surface area (Å²) in [5, 5.41) is 22.5. The number of hydrogen-bond donors (Lipinski definition) is 2. The van der Waals surface area contributed by atoms with Crippen LogP contribution in [0.5, 0.6) is 5.75 Å². The van der Waals surface area contributed by atoms with Crippen LogP contribution in [-0.2, 0) is 4.79 Å². The molecule has 4 aromatic rings. The molecule has 38 heavy (non-hydrogen) atoms. The molecular formula is C26H20Cl2N6O4. The summed E-state index contributed by atoms with van der Waals surface area (Å²) in [5.74, 6) is 0.844. The molecule has 2 N–H and O–H groups in total. The van der Waals surface area contributed by atoms with Crippen LogP contribution in [0, 0.1) is 10.1 Å². The molecule has 0 radical (unpaired) electrons. The molecule has 192 valence electrons. The number of amides is 1. The first-order valence-electron chi connectivity index (χ1n) is 11.3. The van der Waals surface area contributed by atoms with E-state index in [9.17, 15) is 14.9 Å². The van der Waals surface area contributed by atoms with E-state index in [0.717, 1.165) is 0 Å². The molecule has 0 spiro atoms. The molecule has 10 nitrogen and oxygen atoms in total. The highest BCUT2D eigenvalue weighted by Crippen LogP contribution is 2.39. The van der Waals surface area contributed by atoms with Crippen LogP contribution in [0.1, 0.15) is 18.5 Å². The summed E-state index contributed by atoms with van der Waals surface area (Å²) >= 11 is 12.5. The zero-order valence-electron chi connectivity index (χ0n) is 20.1. The van der Waals surface area contributed by atoms with Crippen LogP contribution in [0.2, 0.25) is 10.0 Å². The fourth-order valence-corrected chi connectivity index (χ4v) is 4.53. The number of benzene rings is 3. The number of nitro benzene ring substituents is 1. The maximum atomic E-state index is 13.7. The number of para-hydroxylation sites is 2. The van der Waals surface area contributed by atoms with E-state index in [-0.39, 0.29) is 11.6 Å². The Hall–Kier alpha value is -4.41. The van der Waals surface area contributed by atoms with Gasteiger partial charge in [0.25, 0.3) is 11.6 Å². The number of rotatable bonds is 6. The third-order valence-electron chi connectivity index (χ3n) is 6.05. The van der Waals surface area contributed by atoms with Gasteiger partial charge in [0.2, 0.25) is 5.95 Å². The molecule has 5 rings (SSSR count). The first-order valence-corrected chi connectivity index (χ1v) is 12.1. The molecular weight excluding hydrogens is 531 g/mol. The number of non-ortho nitro benzene ring substituents is 1. The lowest BCUT2D eigenvalue weighted by molar-refractivity contribution is -0.384. The van der Waals surface area contributed by atoms with E-state index in [0.29, 0.717) is 55.7 Å². The van der Waals surface area contributed by atoms with Crippen LogP contribution in [0.15, 0.2) is 78.0 Å². The van der Waals surface area contributed by atoms with Crippen LogP contribution >= 0.6 is 23.2 Å². The lowest BCUT2D eigenvalue weighted by atomic mass is 9.95. The van der Waals surface area contributed by atoms with Gasteiger partial charge in [-0.15, -0.1) is 5.10 Å². The number of anilines is 2. The van der Waals surface area contributed by atoms with Gasteiger partial charge in [0.05, 0.1) is 33.3 Å². The highest BCUT2D eigenvalue weighted by Gasteiger charge is 2.35. The molecule has 12 heteroatoms. The van der Waals surface area contributed by atoms with Gasteiger partial charge in [0, 0.05) is 23.4 Å². The van der Waals surface area contributed by atoms with Crippen LogP contribution in [-0.4, -0.2) is 32.7 Å². The Morgan fingerprint density at radius 1 is 1.11 bits per heavy atom. The number of nitrogens with zero attached hydrogens (tertiary/aromatic N) is 4. The first kappa shape index (κ1) is 25.2. The summed E-state index contributed by atoms with van der Waals surface area (Å²) in [5.41, 5.74) is 2.63. The van der Waals surface area contributed by atoms with Crippen molar-refractivity contribution in [3.05, 3.63) is 104 Å². The van der Waals surface area contributed by atoms with Gasteiger partial charge in [-0.25, -0.2) is 4.68 Å². The van der Waals surface area contributed by atoms with E-state index in [2.05, 4.69) is 20.7 Å². The number of allylic oxidation sites excluding steroid dienone is 1. The number of methoxy groups -OCH3 is 1. The average molecular weight is 551 g/mol. The van der Waals surface area contributed by atoms with Crippen molar-refractivity contribution in [3.8, 4) is 17.1 Å². The quantitative estimate of drug-likeness (QED) is 0.219. The number of aromatic nitrogens is 3. The molecule has 1 amide bonds. The van der Waals surface area contributed by atoms with Crippen molar-refractivity contribution in [3.63, 3.8) is 0 Å². The topological polar surface area (TPSA) is 124 Å². The molecule has 0 saturated heterocycles. The summed E-state index contributed by atoms with van der Waals surface area (Å²) in [6, 6.07) is 17.4. The lowest BCUT2D eigenvalue weighted by Crippen LogP contribution is -2.31. The molecule has 1 aromatic heterocycles. The zero-order chi connectivity index (χ0) is 27.0. The minimum absolute atomic E-state index is 0.0441. The Morgan fingerprint density at radius 3 is 2.53 bits per heavy atom. The fraction of sp³-hybridized carbons (Fsp3) is 0.115. The predicted octanol–water partition coefficient (Wildman–Crippen LogP) is 6.10. The molecule has 1 aliphatic rings. The summed E-state index contributed by atoms with van der Waals surface area (Å²) in [7, 11) is 1.53.